The summed E-state index contributed by atoms with van der Waals surface area (Å²) in [5.41, 5.74) is 0. The van der Waals surface area contributed by atoms with Crippen LogP contribution in [0, 0.1) is 12.8 Å². The SMILES string of the molecule is CCNC1CCN(C(=O)c2ccc(C)o2)CC1C. The number of rotatable bonds is 3. The fourth-order valence-electron chi connectivity index (χ4n) is 2.60. The van der Waals surface area contributed by atoms with Crippen LogP contribution < -0.4 is 5.32 Å². The van der Waals surface area contributed by atoms with E-state index >= 15 is 0 Å². The van der Waals surface area contributed by atoms with Crippen molar-refractivity contribution in [3.8, 4) is 0 Å². The van der Waals surface area contributed by atoms with Crippen molar-refractivity contribution < 1.29 is 9.21 Å². The van der Waals surface area contributed by atoms with Crippen LogP contribution in [-0.2, 0) is 0 Å². The second kappa shape index (κ2) is 5.57. The zero-order valence-electron chi connectivity index (χ0n) is 11.4. The van der Waals surface area contributed by atoms with Gasteiger partial charge in [-0.05, 0) is 37.9 Å². The van der Waals surface area contributed by atoms with Crippen LogP contribution in [0.15, 0.2) is 16.5 Å². The van der Waals surface area contributed by atoms with Gasteiger partial charge in [-0.15, -0.1) is 0 Å². The molecule has 4 heteroatoms. The number of hydrogen-bond donors (Lipinski definition) is 1. The van der Waals surface area contributed by atoms with E-state index in [0.717, 1.165) is 31.8 Å². The summed E-state index contributed by atoms with van der Waals surface area (Å²) in [6.45, 7) is 8.77. The number of nitrogens with zero attached hydrogens (tertiary/aromatic N) is 1. The summed E-state index contributed by atoms with van der Waals surface area (Å²) in [6.07, 6.45) is 1.01. The minimum atomic E-state index is 0.0184. The first-order chi connectivity index (χ1) is 8.61. The Morgan fingerprint density at radius 2 is 2.33 bits per heavy atom. The maximum Gasteiger partial charge on any atom is 0.289 e. The van der Waals surface area contributed by atoms with Crippen LogP contribution >= 0.6 is 0 Å². The lowest BCUT2D eigenvalue weighted by Gasteiger charge is -2.36. The van der Waals surface area contributed by atoms with Crippen molar-refractivity contribution >= 4 is 5.91 Å². The number of carbonyl (C=O) groups excluding carboxylic acids is 1. The minimum Gasteiger partial charge on any atom is -0.456 e. The third-order valence-electron chi connectivity index (χ3n) is 3.61. The molecule has 100 valence electrons. The molecule has 1 aliphatic heterocycles. The average molecular weight is 250 g/mol. The summed E-state index contributed by atoms with van der Waals surface area (Å²) < 4.78 is 5.40. The molecule has 2 rings (SSSR count). The van der Waals surface area contributed by atoms with Gasteiger partial charge in [-0.2, -0.15) is 0 Å². The molecule has 0 spiro atoms. The summed E-state index contributed by atoms with van der Waals surface area (Å²) in [4.78, 5) is 14.1. The van der Waals surface area contributed by atoms with Gasteiger partial charge in [0.15, 0.2) is 5.76 Å². The van der Waals surface area contributed by atoms with Crippen LogP contribution in [0.5, 0.6) is 0 Å². The Hall–Kier alpha value is -1.29. The lowest BCUT2D eigenvalue weighted by molar-refractivity contribution is 0.0613. The van der Waals surface area contributed by atoms with Gasteiger partial charge in [0.25, 0.3) is 5.91 Å². The van der Waals surface area contributed by atoms with E-state index < -0.39 is 0 Å². The topological polar surface area (TPSA) is 45.5 Å². The van der Waals surface area contributed by atoms with E-state index in [1.165, 1.54) is 0 Å². The van der Waals surface area contributed by atoms with Crippen LogP contribution in [0.1, 0.15) is 36.6 Å². The van der Waals surface area contributed by atoms with E-state index in [1.807, 2.05) is 17.9 Å². The normalized spacial score (nSPS) is 24.3. The molecule has 18 heavy (non-hydrogen) atoms. The van der Waals surface area contributed by atoms with Crippen LogP contribution in [0.3, 0.4) is 0 Å². The highest BCUT2D eigenvalue weighted by Gasteiger charge is 2.29. The average Bonchev–Trinajstić information content (AvgIpc) is 2.78. The van der Waals surface area contributed by atoms with Crippen molar-refractivity contribution in [1.29, 1.82) is 0 Å². The third-order valence-corrected chi connectivity index (χ3v) is 3.61. The van der Waals surface area contributed by atoms with Gasteiger partial charge >= 0.3 is 0 Å². The van der Waals surface area contributed by atoms with Gasteiger partial charge in [0.1, 0.15) is 5.76 Å². The Morgan fingerprint density at radius 1 is 1.56 bits per heavy atom. The minimum absolute atomic E-state index is 0.0184. The molecule has 0 aliphatic carbocycles. The molecule has 0 saturated carbocycles. The van der Waals surface area contributed by atoms with E-state index in [-0.39, 0.29) is 5.91 Å². The predicted octanol–water partition coefficient (Wildman–Crippen LogP) is 2.05. The number of piperidine rings is 1. The second-order valence-corrected chi connectivity index (χ2v) is 5.09. The summed E-state index contributed by atoms with van der Waals surface area (Å²) in [5.74, 6) is 1.75. The number of aryl methyl sites for hydroxylation is 1. The van der Waals surface area contributed by atoms with Crippen molar-refractivity contribution in [3.63, 3.8) is 0 Å². The number of likely N-dealkylation sites (tertiary alicyclic amines) is 1. The zero-order chi connectivity index (χ0) is 13.1. The van der Waals surface area contributed by atoms with Gasteiger partial charge in [0, 0.05) is 19.1 Å². The molecule has 1 aliphatic rings. The molecule has 1 fully saturated rings. The predicted molar refractivity (Wildman–Crippen MR) is 70.6 cm³/mol. The van der Waals surface area contributed by atoms with Gasteiger partial charge in [-0.25, -0.2) is 0 Å². The standard InChI is InChI=1S/C14H22N2O2/c1-4-15-12-7-8-16(9-10(12)2)14(17)13-6-5-11(3)18-13/h5-6,10,12,15H,4,7-9H2,1-3H3. The lowest BCUT2D eigenvalue weighted by Crippen LogP contribution is -2.50. The molecule has 2 heterocycles. The van der Waals surface area contributed by atoms with Crippen molar-refractivity contribution in [2.75, 3.05) is 19.6 Å². The zero-order valence-corrected chi connectivity index (χ0v) is 11.4. The molecule has 1 amide bonds. The molecule has 2 atom stereocenters. The Kier molecular flexibility index (Phi) is 4.07. The summed E-state index contributed by atoms with van der Waals surface area (Å²) in [5, 5.41) is 3.48. The quantitative estimate of drug-likeness (QED) is 0.893. The molecular weight excluding hydrogens is 228 g/mol. The van der Waals surface area contributed by atoms with Gasteiger partial charge in [0.2, 0.25) is 0 Å². The summed E-state index contributed by atoms with van der Waals surface area (Å²) in [6, 6.07) is 4.12. The van der Waals surface area contributed by atoms with Crippen LogP contribution in [0.25, 0.3) is 0 Å². The van der Waals surface area contributed by atoms with E-state index in [9.17, 15) is 4.79 Å². The van der Waals surface area contributed by atoms with E-state index in [2.05, 4.69) is 19.2 Å². The molecule has 1 saturated heterocycles. The second-order valence-electron chi connectivity index (χ2n) is 5.09. The summed E-state index contributed by atoms with van der Waals surface area (Å²) >= 11 is 0. The molecule has 1 aromatic heterocycles. The molecule has 2 unspecified atom stereocenters. The first-order valence-corrected chi connectivity index (χ1v) is 6.71. The van der Waals surface area contributed by atoms with Crippen LogP contribution in [0.2, 0.25) is 0 Å². The van der Waals surface area contributed by atoms with E-state index in [1.54, 1.807) is 6.07 Å². The molecular formula is C14H22N2O2. The molecule has 4 nitrogen and oxygen atoms in total. The third kappa shape index (κ3) is 2.75. The highest BCUT2D eigenvalue weighted by atomic mass is 16.3. The van der Waals surface area contributed by atoms with E-state index in [4.69, 9.17) is 4.42 Å². The van der Waals surface area contributed by atoms with Crippen molar-refractivity contribution in [1.82, 2.24) is 10.2 Å². The van der Waals surface area contributed by atoms with Gasteiger partial charge < -0.3 is 14.6 Å². The number of furan rings is 1. The van der Waals surface area contributed by atoms with E-state index in [0.29, 0.717) is 17.7 Å². The Balaban J connectivity index is 1.98. The van der Waals surface area contributed by atoms with Crippen LogP contribution in [0.4, 0.5) is 0 Å². The Labute approximate surface area is 108 Å². The number of amides is 1. The molecule has 1 aromatic rings. The molecule has 0 aromatic carbocycles. The van der Waals surface area contributed by atoms with Gasteiger partial charge in [0.05, 0.1) is 0 Å². The lowest BCUT2D eigenvalue weighted by atomic mass is 9.93. The highest BCUT2D eigenvalue weighted by molar-refractivity contribution is 5.91. The number of carbonyl (C=O) groups is 1. The van der Waals surface area contributed by atoms with Crippen molar-refractivity contribution in [3.05, 3.63) is 23.7 Å². The van der Waals surface area contributed by atoms with Crippen molar-refractivity contribution in [2.24, 2.45) is 5.92 Å². The molecule has 1 N–H and O–H groups in total. The number of nitrogens with one attached hydrogen (secondary N) is 1. The maximum absolute atomic E-state index is 12.2. The highest BCUT2D eigenvalue weighted by Crippen LogP contribution is 2.19. The largest absolute Gasteiger partial charge is 0.456 e. The maximum atomic E-state index is 12.2. The fourth-order valence-corrected chi connectivity index (χ4v) is 2.60. The first-order valence-electron chi connectivity index (χ1n) is 6.71. The fraction of sp³-hybridized carbons (Fsp3) is 0.643. The molecule has 0 bridgehead atoms. The van der Waals surface area contributed by atoms with Crippen LogP contribution in [-0.4, -0.2) is 36.5 Å². The Bertz CT molecular complexity index is 414. The van der Waals surface area contributed by atoms with Gasteiger partial charge in [-0.3, -0.25) is 4.79 Å². The monoisotopic (exact) mass is 250 g/mol. The number of hydrogen-bond acceptors (Lipinski definition) is 3. The first kappa shape index (κ1) is 13.1. The summed E-state index contributed by atoms with van der Waals surface area (Å²) in [7, 11) is 0. The smallest absolute Gasteiger partial charge is 0.289 e. The van der Waals surface area contributed by atoms with Crippen molar-refractivity contribution in [2.45, 2.75) is 33.2 Å². The molecule has 0 radical (unpaired) electrons. The Morgan fingerprint density at radius 3 is 2.89 bits per heavy atom. The van der Waals surface area contributed by atoms with Gasteiger partial charge in [-0.1, -0.05) is 13.8 Å².